The molecule has 22 heavy (non-hydrogen) atoms. The molecule has 1 saturated heterocycles. The summed E-state index contributed by atoms with van der Waals surface area (Å²) < 4.78 is 31.1. The fourth-order valence-corrected chi connectivity index (χ4v) is 3.14. The Labute approximate surface area is 133 Å². The second kappa shape index (κ2) is 7.72. The molecule has 0 aromatic heterocycles. The number of hydrogen-bond donors (Lipinski definition) is 2. The molecular weight excluding hydrogens is 306 g/mol. The minimum absolute atomic E-state index is 0.0170. The number of amides is 1. The molecule has 1 amide bonds. The number of piperidine rings is 1. The van der Waals surface area contributed by atoms with Crippen molar-refractivity contribution in [3.63, 3.8) is 0 Å². The lowest BCUT2D eigenvalue weighted by Gasteiger charge is -2.42. The van der Waals surface area contributed by atoms with Gasteiger partial charge in [0.15, 0.2) is 0 Å². The van der Waals surface area contributed by atoms with Crippen molar-refractivity contribution in [2.45, 2.75) is 46.3 Å². The Hall–Kier alpha value is -0.700. The highest BCUT2D eigenvalue weighted by Crippen LogP contribution is 2.27. The third-order valence-electron chi connectivity index (χ3n) is 3.91. The van der Waals surface area contributed by atoms with Gasteiger partial charge < -0.3 is 15.4 Å². The largest absolute Gasteiger partial charge is 0.378 e. The number of nitrogens with two attached hydrogens (primary N) is 1. The minimum Gasteiger partial charge on any atom is -0.378 e. The lowest BCUT2D eigenvalue weighted by molar-refractivity contribution is -0.133. The maximum Gasteiger partial charge on any atom is 0.237 e. The van der Waals surface area contributed by atoms with Gasteiger partial charge in [0.05, 0.1) is 25.0 Å². The average molecular weight is 335 g/mol. The zero-order chi connectivity index (χ0) is 17.0. The average Bonchev–Trinajstić information content (AvgIpc) is 2.38. The van der Waals surface area contributed by atoms with Crippen LogP contribution in [0.4, 0.5) is 0 Å². The Morgan fingerprint density at radius 2 is 2.09 bits per heavy atom. The Balaban J connectivity index is 2.42. The van der Waals surface area contributed by atoms with Crippen LogP contribution in [0.1, 0.15) is 34.1 Å². The maximum atomic E-state index is 12.1. The maximum absolute atomic E-state index is 12.1. The van der Waals surface area contributed by atoms with Crippen LogP contribution >= 0.6 is 0 Å². The smallest absolute Gasteiger partial charge is 0.237 e. The first kappa shape index (κ1) is 19.3. The summed E-state index contributed by atoms with van der Waals surface area (Å²) in [7, 11) is -3.50. The van der Waals surface area contributed by atoms with Crippen LogP contribution in [0.25, 0.3) is 0 Å². The summed E-state index contributed by atoms with van der Waals surface area (Å²) in [6.45, 7) is 8.74. The first-order valence-electron chi connectivity index (χ1n) is 7.66. The van der Waals surface area contributed by atoms with Gasteiger partial charge in [0.1, 0.15) is 0 Å². The zero-order valence-electron chi connectivity index (χ0n) is 14.0. The van der Waals surface area contributed by atoms with E-state index >= 15 is 0 Å². The first-order chi connectivity index (χ1) is 10.0. The SMILES string of the molecule is CC(C)OCCS(=O)(=O)NCC(=O)N1CCC(N)C(C)(C)C1. The van der Waals surface area contributed by atoms with Crippen molar-refractivity contribution < 1.29 is 17.9 Å². The summed E-state index contributed by atoms with van der Waals surface area (Å²) >= 11 is 0. The predicted octanol–water partition coefficient (Wildman–Crippen LogP) is -0.0834. The van der Waals surface area contributed by atoms with Crippen LogP contribution in [0.15, 0.2) is 0 Å². The van der Waals surface area contributed by atoms with E-state index in [0.717, 1.165) is 6.42 Å². The lowest BCUT2D eigenvalue weighted by Crippen LogP contribution is -2.55. The third-order valence-corrected chi connectivity index (χ3v) is 5.20. The van der Waals surface area contributed by atoms with Crippen LogP contribution < -0.4 is 10.5 Å². The van der Waals surface area contributed by atoms with Gasteiger partial charge in [-0.25, -0.2) is 13.1 Å². The molecule has 1 heterocycles. The van der Waals surface area contributed by atoms with Gasteiger partial charge in [-0.05, 0) is 25.7 Å². The predicted molar refractivity (Wildman–Crippen MR) is 85.8 cm³/mol. The highest BCUT2D eigenvalue weighted by Gasteiger charge is 2.35. The summed E-state index contributed by atoms with van der Waals surface area (Å²) in [6.07, 6.45) is 0.713. The number of hydrogen-bond acceptors (Lipinski definition) is 5. The topological polar surface area (TPSA) is 102 Å². The Bertz CT molecular complexity index is 476. The van der Waals surface area contributed by atoms with Crippen molar-refractivity contribution in [2.24, 2.45) is 11.1 Å². The Morgan fingerprint density at radius 3 is 2.64 bits per heavy atom. The lowest BCUT2D eigenvalue weighted by atomic mass is 9.80. The van der Waals surface area contributed by atoms with E-state index in [4.69, 9.17) is 10.5 Å². The van der Waals surface area contributed by atoms with E-state index in [2.05, 4.69) is 4.72 Å². The molecule has 0 spiro atoms. The highest BCUT2D eigenvalue weighted by molar-refractivity contribution is 7.89. The highest BCUT2D eigenvalue weighted by atomic mass is 32.2. The molecule has 0 saturated carbocycles. The zero-order valence-corrected chi connectivity index (χ0v) is 14.8. The minimum atomic E-state index is -3.50. The molecule has 1 aliphatic heterocycles. The van der Waals surface area contributed by atoms with Crippen LogP contribution in [0.5, 0.6) is 0 Å². The quantitative estimate of drug-likeness (QED) is 0.677. The summed E-state index contributed by atoms with van der Waals surface area (Å²) in [5.41, 5.74) is 5.88. The Morgan fingerprint density at radius 1 is 1.45 bits per heavy atom. The number of nitrogens with zero attached hydrogens (tertiary/aromatic N) is 1. The van der Waals surface area contributed by atoms with E-state index in [1.165, 1.54) is 0 Å². The summed E-state index contributed by atoms with van der Waals surface area (Å²) in [5.74, 6) is -0.359. The van der Waals surface area contributed by atoms with Crippen LogP contribution in [0, 0.1) is 5.41 Å². The molecule has 0 aliphatic carbocycles. The van der Waals surface area contributed by atoms with Crippen LogP contribution in [-0.2, 0) is 19.6 Å². The number of carbonyl (C=O) groups excluding carboxylic acids is 1. The molecule has 0 aromatic rings. The van der Waals surface area contributed by atoms with Crippen molar-refractivity contribution in [3.05, 3.63) is 0 Å². The van der Waals surface area contributed by atoms with Gasteiger partial charge in [0, 0.05) is 19.1 Å². The summed E-state index contributed by atoms with van der Waals surface area (Å²) in [6, 6.07) is 0.0569. The normalized spacial score (nSPS) is 22.1. The number of rotatable bonds is 7. The molecule has 130 valence electrons. The van der Waals surface area contributed by atoms with E-state index in [1.807, 2.05) is 27.7 Å². The van der Waals surface area contributed by atoms with Crippen molar-refractivity contribution in [2.75, 3.05) is 32.0 Å². The fourth-order valence-electron chi connectivity index (χ4n) is 2.34. The van der Waals surface area contributed by atoms with Gasteiger partial charge in [-0.1, -0.05) is 13.8 Å². The number of sulfonamides is 1. The van der Waals surface area contributed by atoms with Crippen molar-refractivity contribution in [3.8, 4) is 0 Å². The van der Waals surface area contributed by atoms with Crippen molar-refractivity contribution in [1.82, 2.24) is 9.62 Å². The van der Waals surface area contributed by atoms with Crippen LogP contribution in [-0.4, -0.2) is 63.4 Å². The Kier molecular flexibility index (Phi) is 6.79. The fraction of sp³-hybridized carbons (Fsp3) is 0.929. The van der Waals surface area contributed by atoms with Crippen molar-refractivity contribution in [1.29, 1.82) is 0 Å². The molecule has 1 atom stereocenters. The second-order valence-corrected chi connectivity index (χ2v) is 8.68. The molecule has 8 heteroatoms. The molecule has 3 N–H and O–H groups in total. The van der Waals surface area contributed by atoms with E-state index < -0.39 is 10.0 Å². The van der Waals surface area contributed by atoms with Crippen LogP contribution in [0.2, 0.25) is 0 Å². The molecule has 1 unspecified atom stereocenters. The molecule has 7 nitrogen and oxygen atoms in total. The third kappa shape index (κ3) is 6.20. The number of nitrogens with one attached hydrogen (secondary N) is 1. The van der Waals surface area contributed by atoms with Gasteiger partial charge >= 0.3 is 0 Å². The monoisotopic (exact) mass is 335 g/mol. The number of ether oxygens (including phenoxy) is 1. The van der Waals surface area contributed by atoms with Gasteiger partial charge in [-0.3, -0.25) is 4.79 Å². The molecule has 0 radical (unpaired) electrons. The van der Waals surface area contributed by atoms with Gasteiger partial charge in [0.25, 0.3) is 0 Å². The van der Waals surface area contributed by atoms with E-state index in [0.29, 0.717) is 13.1 Å². The van der Waals surface area contributed by atoms with E-state index in [1.54, 1.807) is 4.90 Å². The number of likely N-dealkylation sites (tertiary alicyclic amines) is 1. The van der Waals surface area contributed by atoms with E-state index in [9.17, 15) is 13.2 Å². The van der Waals surface area contributed by atoms with Gasteiger partial charge in [-0.15, -0.1) is 0 Å². The van der Waals surface area contributed by atoms with Gasteiger partial charge in [-0.2, -0.15) is 0 Å². The molecular formula is C14H29N3O4S. The van der Waals surface area contributed by atoms with E-state index in [-0.39, 0.29) is 42.4 Å². The summed E-state index contributed by atoms with van der Waals surface area (Å²) in [4.78, 5) is 13.8. The van der Waals surface area contributed by atoms with Gasteiger partial charge in [0.2, 0.25) is 15.9 Å². The molecule has 0 bridgehead atoms. The first-order valence-corrected chi connectivity index (χ1v) is 9.31. The standard InChI is InChI=1S/C14H29N3O4S/c1-11(2)21-7-8-22(19,20)16-9-13(18)17-6-5-12(15)14(3,4)10-17/h11-12,16H,5-10,15H2,1-4H3. The van der Waals surface area contributed by atoms with Crippen LogP contribution in [0.3, 0.4) is 0 Å². The molecule has 1 fully saturated rings. The molecule has 1 aliphatic rings. The molecule has 1 rings (SSSR count). The molecule has 0 aromatic carbocycles. The summed E-state index contributed by atoms with van der Waals surface area (Å²) in [5, 5.41) is 0. The van der Waals surface area contributed by atoms with Crippen molar-refractivity contribution >= 4 is 15.9 Å². The second-order valence-electron chi connectivity index (χ2n) is 6.76. The number of carbonyl (C=O) groups is 1.